The van der Waals surface area contributed by atoms with Gasteiger partial charge in [0.2, 0.25) is 0 Å². The summed E-state index contributed by atoms with van der Waals surface area (Å²) >= 11 is 0. The number of nitrogens with zero attached hydrogens (tertiary/aromatic N) is 1. The number of piperidine rings is 1. The normalized spacial score (nSPS) is 26.8. The fourth-order valence-corrected chi connectivity index (χ4v) is 3.19. The first-order valence-electron chi connectivity index (χ1n) is 7.77. The molecule has 112 valence electrons. The summed E-state index contributed by atoms with van der Waals surface area (Å²) in [6.45, 7) is 9.39. The highest BCUT2D eigenvalue weighted by Gasteiger charge is 2.32. The molecule has 0 bridgehead atoms. The Morgan fingerprint density at radius 3 is 2.85 bits per heavy atom. The van der Waals surface area contributed by atoms with E-state index in [0.717, 1.165) is 37.8 Å². The van der Waals surface area contributed by atoms with Gasteiger partial charge >= 0.3 is 0 Å². The van der Waals surface area contributed by atoms with Gasteiger partial charge in [-0.15, -0.1) is 0 Å². The van der Waals surface area contributed by atoms with Crippen molar-refractivity contribution in [3.8, 4) is 5.75 Å². The molecule has 1 saturated heterocycles. The summed E-state index contributed by atoms with van der Waals surface area (Å²) in [6.07, 6.45) is 2.26. The van der Waals surface area contributed by atoms with Crippen LogP contribution in [0.15, 0.2) is 24.3 Å². The van der Waals surface area contributed by atoms with Gasteiger partial charge in [0.15, 0.2) is 0 Å². The Kier molecular flexibility index (Phi) is 5.30. The zero-order valence-corrected chi connectivity index (χ0v) is 12.9. The van der Waals surface area contributed by atoms with Crippen molar-refractivity contribution in [1.29, 1.82) is 0 Å². The van der Waals surface area contributed by atoms with Crippen molar-refractivity contribution in [3.05, 3.63) is 24.3 Å². The van der Waals surface area contributed by atoms with Crippen LogP contribution in [0.2, 0.25) is 0 Å². The van der Waals surface area contributed by atoms with Crippen molar-refractivity contribution in [1.82, 2.24) is 0 Å². The fraction of sp³-hybridized carbons (Fsp3) is 0.647. The van der Waals surface area contributed by atoms with Gasteiger partial charge in [-0.05, 0) is 43.7 Å². The maximum absolute atomic E-state index is 9.71. The van der Waals surface area contributed by atoms with Crippen molar-refractivity contribution in [3.63, 3.8) is 0 Å². The Hall–Kier alpha value is -1.22. The Morgan fingerprint density at radius 1 is 1.35 bits per heavy atom. The van der Waals surface area contributed by atoms with Crippen LogP contribution in [0.3, 0.4) is 0 Å². The van der Waals surface area contributed by atoms with E-state index < -0.39 is 0 Å². The number of phenolic OH excluding ortho intramolecular Hbond substituents is 1. The highest BCUT2D eigenvalue weighted by molar-refractivity contribution is 5.51. The van der Waals surface area contributed by atoms with Gasteiger partial charge in [-0.25, -0.2) is 0 Å². The average molecular weight is 277 g/mol. The number of benzene rings is 1. The second-order valence-corrected chi connectivity index (χ2v) is 5.89. The van der Waals surface area contributed by atoms with Gasteiger partial charge < -0.3 is 14.7 Å². The molecule has 1 aliphatic rings. The van der Waals surface area contributed by atoms with Crippen molar-refractivity contribution < 1.29 is 9.84 Å². The van der Waals surface area contributed by atoms with Crippen LogP contribution in [0.4, 0.5) is 5.69 Å². The first kappa shape index (κ1) is 15.2. The Balaban J connectivity index is 2.15. The number of aromatic hydroxyl groups is 1. The molecule has 1 heterocycles. The smallest absolute Gasteiger partial charge is 0.117 e. The predicted octanol–water partition coefficient (Wildman–Crippen LogP) is 3.67. The second-order valence-electron chi connectivity index (χ2n) is 5.89. The van der Waals surface area contributed by atoms with Crippen molar-refractivity contribution in [2.45, 2.75) is 39.7 Å². The summed E-state index contributed by atoms with van der Waals surface area (Å²) < 4.78 is 5.55. The van der Waals surface area contributed by atoms with Crippen molar-refractivity contribution in [2.75, 3.05) is 24.7 Å². The topological polar surface area (TPSA) is 32.7 Å². The van der Waals surface area contributed by atoms with Crippen LogP contribution in [0, 0.1) is 11.8 Å². The van der Waals surface area contributed by atoms with E-state index >= 15 is 0 Å². The third-order valence-corrected chi connectivity index (χ3v) is 4.65. The van der Waals surface area contributed by atoms with Gasteiger partial charge in [-0.2, -0.15) is 0 Å². The number of ether oxygens (including phenoxy) is 1. The molecular weight excluding hydrogens is 250 g/mol. The number of hydrogen-bond donors (Lipinski definition) is 1. The van der Waals surface area contributed by atoms with Gasteiger partial charge in [0, 0.05) is 37.6 Å². The second kappa shape index (κ2) is 6.98. The quantitative estimate of drug-likeness (QED) is 0.834. The highest BCUT2D eigenvalue weighted by Crippen LogP contribution is 2.34. The molecule has 1 aromatic rings. The summed E-state index contributed by atoms with van der Waals surface area (Å²) in [4.78, 5) is 2.45. The molecule has 2 rings (SSSR count). The first-order chi connectivity index (χ1) is 9.63. The standard InChI is InChI=1S/C17H27NO2/c1-4-20-11-9-17-14(3)13(2)8-10-18(17)15-6-5-7-16(19)12-15/h5-7,12-14,17,19H,4,8-11H2,1-3H3. The molecule has 3 heteroatoms. The van der Waals surface area contributed by atoms with Crippen LogP contribution in [-0.2, 0) is 4.74 Å². The molecule has 0 saturated carbocycles. The minimum atomic E-state index is 0.345. The largest absolute Gasteiger partial charge is 0.508 e. The van der Waals surface area contributed by atoms with E-state index in [1.807, 2.05) is 19.1 Å². The molecule has 0 spiro atoms. The third-order valence-electron chi connectivity index (χ3n) is 4.65. The van der Waals surface area contributed by atoms with E-state index in [9.17, 15) is 5.11 Å². The Morgan fingerprint density at radius 2 is 2.15 bits per heavy atom. The molecule has 0 aromatic heterocycles. The third kappa shape index (κ3) is 3.45. The van der Waals surface area contributed by atoms with Gasteiger partial charge in [0.25, 0.3) is 0 Å². The lowest BCUT2D eigenvalue weighted by Gasteiger charge is -2.45. The van der Waals surface area contributed by atoms with Gasteiger partial charge in [0.05, 0.1) is 0 Å². The molecule has 0 amide bonds. The lowest BCUT2D eigenvalue weighted by Crippen LogP contribution is -2.48. The fourth-order valence-electron chi connectivity index (χ4n) is 3.19. The Labute approximate surface area is 122 Å². The van der Waals surface area contributed by atoms with E-state index in [1.54, 1.807) is 6.07 Å². The number of phenols is 1. The molecule has 1 aliphatic heterocycles. The van der Waals surface area contributed by atoms with E-state index in [-0.39, 0.29) is 0 Å². The lowest BCUT2D eigenvalue weighted by molar-refractivity contribution is 0.122. The maximum Gasteiger partial charge on any atom is 0.117 e. The maximum atomic E-state index is 9.71. The van der Waals surface area contributed by atoms with Gasteiger partial charge in [0.1, 0.15) is 5.75 Å². The predicted molar refractivity (Wildman–Crippen MR) is 83.3 cm³/mol. The number of anilines is 1. The minimum Gasteiger partial charge on any atom is -0.508 e. The SMILES string of the molecule is CCOCCC1C(C)C(C)CCN1c1cccc(O)c1. The lowest BCUT2D eigenvalue weighted by atomic mass is 9.80. The molecule has 0 radical (unpaired) electrons. The first-order valence-corrected chi connectivity index (χ1v) is 7.77. The molecule has 1 N–H and O–H groups in total. The van der Waals surface area contributed by atoms with E-state index in [2.05, 4.69) is 24.8 Å². The molecule has 3 nitrogen and oxygen atoms in total. The summed E-state index contributed by atoms with van der Waals surface area (Å²) in [5, 5.41) is 9.71. The highest BCUT2D eigenvalue weighted by atomic mass is 16.5. The van der Waals surface area contributed by atoms with Gasteiger partial charge in [-0.1, -0.05) is 19.9 Å². The zero-order chi connectivity index (χ0) is 14.5. The molecule has 1 aromatic carbocycles. The van der Waals surface area contributed by atoms with Crippen LogP contribution in [0.5, 0.6) is 5.75 Å². The van der Waals surface area contributed by atoms with Crippen LogP contribution in [0.1, 0.15) is 33.6 Å². The summed E-state index contributed by atoms with van der Waals surface area (Å²) in [6, 6.07) is 8.11. The van der Waals surface area contributed by atoms with Crippen LogP contribution in [0.25, 0.3) is 0 Å². The average Bonchev–Trinajstić information content (AvgIpc) is 2.44. The molecule has 3 atom stereocenters. The van der Waals surface area contributed by atoms with Gasteiger partial charge in [-0.3, -0.25) is 0 Å². The van der Waals surface area contributed by atoms with Crippen molar-refractivity contribution >= 4 is 5.69 Å². The van der Waals surface area contributed by atoms with E-state index in [1.165, 1.54) is 6.42 Å². The van der Waals surface area contributed by atoms with E-state index in [4.69, 9.17) is 4.74 Å². The van der Waals surface area contributed by atoms with Crippen molar-refractivity contribution in [2.24, 2.45) is 11.8 Å². The molecular formula is C17H27NO2. The van der Waals surface area contributed by atoms with E-state index in [0.29, 0.717) is 17.7 Å². The number of rotatable bonds is 5. The van der Waals surface area contributed by atoms with Crippen LogP contribution < -0.4 is 4.90 Å². The summed E-state index contributed by atoms with van der Waals surface area (Å²) in [7, 11) is 0. The monoisotopic (exact) mass is 277 g/mol. The summed E-state index contributed by atoms with van der Waals surface area (Å²) in [5.41, 5.74) is 1.13. The molecule has 1 fully saturated rings. The van der Waals surface area contributed by atoms with Crippen LogP contribution >= 0.6 is 0 Å². The Bertz CT molecular complexity index is 421. The van der Waals surface area contributed by atoms with Crippen LogP contribution in [-0.4, -0.2) is 30.9 Å². The molecule has 3 unspecified atom stereocenters. The molecule has 0 aliphatic carbocycles. The zero-order valence-electron chi connectivity index (χ0n) is 12.9. The summed E-state index contributed by atoms with van der Waals surface area (Å²) in [5.74, 6) is 1.74. The number of hydrogen-bond acceptors (Lipinski definition) is 3. The minimum absolute atomic E-state index is 0.345. The molecule has 20 heavy (non-hydrogen) atoms.